The number of amides is 2. The average molecular weight is 499 g/mol. The molecular formula is C23H22IN3O2. The van der Waals surface area contributed by atoms with Gasteiger partial charge in [0.1, 0.15) is 0 Å². The Balaban J connectivity index is 1.44. The average Bonchev–Trinajstić information content (AvgIpc) is 3.41. The fourth-order valence-electron chi connectivity index (χ4n) is 5.20. The first-order chi connectivity index (χ1) is 13.9. The topological polar surface area (TPSA) is 54.7 Å². The van der Waals surface area contributed by atoms with Crippen LogP contribution in [0.15, 0.2) is 41.5 Å². The highest BCUT2D eigenvalue weighted by Gasteiger charge is 2.59. The maximum Gasteiger partial charge on any atom is 0.254 e. The van der Waals surface area contributed by atoms with Crippen LogP contribution in [-0.4, -0.2) is 27.6 Å². The molecule has 1 saturated carbocycles. The molecule has 0 spiro atoms. The third-order valence-electron chi connectivity index (χ3n) is 6.63. The third kappa shape index (κ3) is 2.75. The number of fused-ring (bicyclic) bond motifs is 5. The summed E-state index contributed by atoms with van der Waals surface area (Å²) in [7, 11) is 0. The number of halogens is 1. The van der Waals surface area contributed by atoms with Crippen molar-refractivity contribution in [3.8, 4) is 5.69 Å². The Bertz CT molecular complexity index is 1080. The van der Waals surface area contributed by atoms with Gasteiger partial charge in [0, 0.05) is 26.2 Å². The van der Waals surface area contributed by atoms with Gasteiger partial charge in [-0.05, 0) is 91.4 Å². The van der Waals surface area contributed by atoms with Gasteiger partial charge in [-0.15, -0.1) is 0 Å². The van der Waals surface area contributed by atoms with E-state index in [1.807, 2.05) is 13.0 Å². The van der Waals surface area contributed by atoms with Crippen molar-refractivity contribution in [1.29, 1.82) is 0 Å². The van der Waals surface area contributed by atoms with Gasteiger partial charge in [-0.1, -0.05) is 12.2 Å². The van der Waals surface area contributed by atoms with E-state index in [9.17, 15) is 9.59 Å². The van der Waals surface area contributed by atoms with Gasteiger partial charge in [0.15, 0.2) is 0 Å². The second-order valence-electron chi connectivity index (χ2n) is 8.33. The summed E-state index contributed by atoms with van der Waals surface area (Å²) in [5.41, 5.74) is 5.37. The fourth-order valence-corrected chi connectivity index (χ4v) is 5.54. The van der Waals surface area contributed by atoms with Crippen LogP contribution >= 0.6 is 22.6 Å². The molecule has 4 unspecified atom stereocenters. The van der Waals surface area contributed by atoms with Crippen molar-refractivity contribution >= 4 is 40.6 Å². The molecule has 1 aromatic heterocycles. The molecule has 1 aromatic carbocycles. The predicted molar refractivity (Wildman–Crippen MR) is 120 cm³/mol. The Kier molecular flexibility index (Phi) is 4.31. The minimum Gasteiger partial charge on any atom is -0.318 e. The Morgan fingerprint density at radius 3 is 2.31 bits per heavy atom. The minimum atomic E-state index is -0.211. The number of benzene rings is 1. The molecule has 1 saturated heterocycles. The lowest BCUT2D eigenvalue weighted by atomic mass is 9.85. The smallest absolute Gasteiger partial charge is 0.254 e. The molecular weight excluding hydrogens is 477 g/mol. The maximum atomic E-state index is 12.8. The van der Waals surface area contributed by atoms with E-state index in [2.05, 4.69) is 76.5 Å². The summed E-state index contributed by atoms with van der Waals surface area (Å²) in [6.07, 6.45) is 6.78. The molecule has 2 fully saturated rings. The van der Waals surface area contributed by atoms with Crippen LogP contribution in [0.25, 0.3) is 5.69 Å². The van der Waals surface area contributed by atoms with E-state index in [1.165, 1.54) is 9.13 Å². The van der Waals surface area contributed by atoms with Gasteiger partial charge in [0.2, 0.25) is 0 Å². The molecule has 2 aliphatic carbocycles. The first-order valence-electron chi connectivity index (χ1n) is 9.92. The predicted octanol–water partition coefficient (Wildman–Crippen LogP) is 4.15. The number of aryl methyl sites for hydroxylation is 2. The van der Waals surface area contributed by atoms with Crippen molar-refractivity contribution < 1.29 is 9.59 Å². The lowest BCUT2D eigenvalue weighted by Crippen LogP contribution is -2.28. The highest BCUT2D eigenvalue weighted by molar-refractivity contribution is 14.1. The van der Waals surface area contributed by atoms with E-state index in [1.54, 1.807) is 6.21 Å². The number of hydrazone groups is 1. The Morgan fingerprint density at radius 2 is 1.69 bits per heavy atom. The number of aromatic nitrogens is 1. The van der Waals surface area contributed by atoms with E-state index in [4.69, 9.17) is 0 Å². The van der Waals surface area contributed by atoms with Gasteiger partial charge in [0.25, 0.3) is 11.8 Å². The Labute approximate surface area is 183 Å². The normalized spacial score (nSPS) is 27.7. The second-order valence-corrected chi connectivity index (χ2v) is 9.49. The molecule has 2 amide bonds. The largest absolute Gasteiger partial charge is 0.318 e. The minimum absolute atomic E-state index is 0.143. The molecule has 5 rings (SSSR count). The van der Waals surface area contributed by atoms with E-state index in [0.717, 1.165) is 34.1 Å². The molecule has 4 atom stereocenters. The van der Waals surface area contributed by atoms with Crippen molar-refractivity contribution in [2.75, 3.05) is 0 Å². The van der Waals surface area contributed by atoms with Crippen LogP contribution in [0.3, 0.4) is 0 Å². The van der Waals surface area contributed by atoms with Gasteiger partial charge >= 0.3 is 0 Å². The van der Waals surface area contributed by atoms with Gasteiger partial charge in [-0.3, -0.25) is 9.59 Å². The van der Waals surface area contributed by atoms with Crippen LogP contribution in [0.5, 0.6) is 0 Å². The Morgan fingerprint density at radius 1 is 1.03 bits per heavy atom. The van der Waals surface area contributed by atoms with E-state index in [-0.39, 0.29) is 35.5 Å². The van der Waals surface area contributed by atoms with Gasteiger partial charge in [-0.25, -0.2) is 0 Å². The van der Waals surface area contributed by atoms with Crippen LogP contribution in [0, 0.1) is 48.0 Å². The first kappa shape index (κ1) is 18.8. The van der Waals surface area contributed by atoms with E-state index in [0.29, 0.717) is 0 Å². The number of hydrogen-bond acceptors (Lipinski definition) is 3. The molecule has 0 radical (unpaired) electrons. The lowest BCUT2D eigenvalue weighted by molar-refractivity contribution is -0.140. The number of nitrogens with zero attached hydrogens (tertiary/aromatic N) is 3. The molecule has 3 aliphatic rings. The third-order valence-corrected chi connectivity index (χ3v) is 7.84. The zero-order valence-electron chi connectivity index (χ0n) is 16.6. The summed E-state index contributed by atoms with van der Waals surface area (Å²) in [6, 6.07) is 8.43. The van der Waals surface area contributed by atoms with Crippen molar-refractivity contribution in [2.45, 2.75) is 27.2 Å². The molecule has 2 bridgehead atoms. The second kappa shape index (κ2) is 6.65. The van der Waals surface area contributed by atoms with Crippen molar-refractivity contribution in [3.05, 3.63) is 62.5 Å². The molecule has 5 nitrogen and oxygen atoms in total. The number of allylic oxidation sites excluding steroid dienone is 2. The lowest BCUT2D eigenvalue weighted by Gasteiger charge is -2.13. The zero-order valence-corrected chi connectivity index (χ0v) is 18.8. The molecule has 6 heteroatoms. The van der Waals surface area contributed by atoms with Crippen LogP contribution in [0.2, 0.25) is 0 Å². The van der Waals surface area contributed by atoms with Crippen LogP contribution in [0.1, 0.15) is 28.9 Å². The monoisotopic (exact) mass is 499 g/mol. The number of hydrogen-bond donors (Lipinski definition) is 0. The van der Waals surface area contributed by atoms with Gasteiger partial charge in [0.05, 0.1) is 18.1 Å². The highest BCUT2D eigenvalue weighted by Crippen LogP contribution is 2.52. The highest BCUT2D eigenvalue weighted by atomic mass is 127. The van der Waals surface area contributed by atoms with Crippen LogP contribution < -0.4 is 0 Å². The quantitative estimate of drug-likeness (QED) is 0.276. The fraction of sp³-hybridized carbons (Fsp3) is 0.348. The summed E-state index contributed by atoms with van der Waals surface area (Å²) in [5.74, 6) is -0.300. The summed E-state index contributed by atoms with van der Waals surface area (Å²) in [4.78, 5) is 25.6. The van der Waals surface area contributed by atoms with E-state index < -0.39 is 0 Å². The molecule has 1 aliphatic heterocycles. The van der Waals surface area contributed by atoms with Crippen LogP contribution in [-0.2, 0) is 9.59 Å². The van der Waals surface area contributed by atoms with Crippen LogP contribution in [0.4, 0.5) is 0 Å². The van der Waals surface area contributed by atoms with Crippen molar-refractivity contribution in [2.24, 2.45) is 28.8 Å². The summed E-state index contributed by atoms with van der Waals surface area (Å²) < 4.78 is 3.41. The van der Waals surface area contributed by atoms with Gasteiger partial charge < -0.3 is 4.57 Å². The molecule has 2 heterocycles. The number of carbonyl (C=O) groups is 2. The molecule has 148 valence electrons. The molecule has 2 aromatic rings. The summed E-state index contributed by atoms with van der Waals surface area (Å²) in [6.45, 7) is 6.19. The maximum absolute atomic E-state index is 12.8. The SMILES string of the molecule is Cc1cc(-n2c(C)cc(C=NN3C(=O)C4C5C=CC(C5)C4C3=O)c2C)ccc1I. The van der Waals surface area contributed by atoms with Crippen molar-refractivity contribution in [3.63, 3.8) is 0 Å². The molecule has 29 heavy (non-hydrogen) atoms. The number of carbonyl (C=O) groups excluding carboxylic acids is 2. The number of rotatable bonds is 3. The standard InChI is InChI=1S/C23H22IN3O2/c1-12-8-18(6-7-19(12)24)26-13(2)9-17(14(26)3)11-25-27-22(28)20-15-4-5-16(10-15)21(20)23(27)29/h4-9,11,15-16,20-21H,10H2,1-3H3. The zero-order chi connectivity index (χ0) is 20.4. The molecule has 0 N–H and O–H groups in total. The first-order valence-corrected chi connectivity index (χ1v) is 11.0. The summed E-state index contributed by atoms with van der Waals surface area (Å²) >= 11 is 2.34. The van der Waals surface area contributed by atoms with Crippen molar-refractivity contribution in [1.82, 2.24) is 9.58 Å². The number of imide groups is 1. The van der Waals surface area contributed by atoms with E-state index >= 15 is 0 Å². The summed E-state index contributed by atoms with van der Waals surface area (Å²) in [5, 5.41) is 5.46. The van der Waals surface area contributed by atoms with Gasteiger partial charge in [-0.2, -0.15) is 10.1 Å². The Hall–Kier alpha value is -2.22.